The highest BCUT2D eigenvalue weighted by Crippen LogP contribution is 2.37. The number of carbonyl (C=O) groups excluding carboxylic acids is 2. The first-order chi connectivity index (χ1) is 15.7. The Kier molecular flexibility index (Phi) is 5.33. The summed E-state index contributed by atoms with van der Waals surface area (Å²) in [5.74, 6) is 1.12. The molecule has 1 fully saturated rings. The summed E-state index contributed by atoms with van der Waals surface area (Å²) >= 11 is 0. The SMILES string of the molecule is O=C(Nc1cccc(OCc2ccccn2)c1)C1CC(=O)N(c2ccc3c(c2)OCO3)C1. The highest BCUT2D eigenvalue weighted by atomic mass is 16.7. The molecule has 5 rings (SSSR count). The van der Waals surface area contributed by atoms with E-state index in [1.54, 1.807) is 41.4 Å². The van der Waals surface area contributed by atoms with Crippen molar-refractivity contribution in [3.05, 3.63) is 72.6 Å². The number of hydrogen-bond acceptors (Lipinski definition) is 6. The third-order valence-corrected chi connectivity index (χ3v) is 5.38. The molecule has 0 spiro atoms. The molecule has 1 unspecified atom stereocenters. The lowest BCUT2D eigenvalue weighted by Gasteiger charge is -2.17. The molecule has 1 saturated heterocycles. The molecule has 0 radical (unpaired) electrons. The molecular formula is C24H21N3O5. The van der Waals surface area contributed by atoms with Gasteiger partial charge in [-0.3, -0.25) is 14.6 Å². The van der Waals surface area contributed by atoms with E-state index < -0.39 is 5.92 Å². The van der Waals surface area contributed by atoms with E-state index in [1.807, 2.05) is 30.3 Å². The minimum absolute atomic E-state index is 0.100. The van der Waals surface area contributed by atoms with Crippen LogP contribution in [0.25, 0.3) is 0 Å². The molecule has 1 aromatic heterocycles. The van der Waals surface area contributed by atoms with E-state index in [0.717, 1.165) is 5.69 Å². The average Bonchev–Trinajstić information content (AvgIpc) is 3.44. The highest BCUT2D eigenvalue weighted by molar-refractivity contribution is 6.03. The second-order valence-electron chi connectivity index (χ2n) is 7.57. The first-order valence-corrected chi connectivity index (χ1v) is 10.3. The number of fused-ring (bicyclic) bond motifs is 1. The minimum Gasteiger partial charge on any atom is -0.487 e. The third-order valence-electron chi connectivity index (χ3n) is 5.38. The fraction of sp³-hybridized carbons (Fsp3) is 0.208. The van der Waals surface area contributed by atoms with E-state index in [-0.39, 0.29) is 25.0 Å². The molecule has 2 amide bonds. The summed E-state index contributed by atoms with van der Waals surface area (Å²) in [6, 6.07) is 18.1. The van der Waals surface area contributed by atoms with E-state index >= 15 is 0 Å². The van der Waals surface area contributed by atoms with Crippen molar-refractivity contribution in [2.24, 2.45) is 5.92 Å². The second kappa shape index (κ2) is 8.58. The monoisotopic (exact) mass is 431 g/mol. The van der Waals surface area contributed by atoms with Crippen molar-refractivity contribution in [2.75, 3.05) is 23.6 Å². The second-order valence-corrected chi connectivity index (χ2v) is 7.57. The lowest BCUT2D eigenvalue weighted by Crippen LogP contribution is -2.28. The minimum atomic E-state index is -0.453. The molecule has 3 aromatic rings. The maximum absolute atomic E-state index is 12.8. The van der Waals surface area contributed by atoms with E-state index in [1.165, 1.54) is 0 Å². The summed E-state index contributed by atoms with van der Waals surface area (Å²) in [7, 11) is 0. The van der Waals surface area contributed by atoms with Gasteiger partial charge in [0.1, 0.15) is 12.4 Å². The van der Waals surface area contributed by atoms with Crippen LogP contribution in [-0.2, 0) is 16.2 Å². The van der Waals surface area contributed by atoms with Crippen molar-refractivity contribution < 1.29 is 23.8 Å². The van der Waals surface area contributed by atoms with Gasteiger partial charge in [0.15, 0.2) is 11.5 Å². The van der Waals surface area contributed by atoms with Gasteiger partial charge in [0.2, 0.25) is 18.6 Å². The van der Waals surface area contributed by atoms with Crippen molar-refractivity contribution in [3.8, 4) is 17.2 Å². The third kappa shape index (κ3) is 4.20. The maximum Gasteiger partial charge on any atom is 0.231 e. The number of hydrogen-bond donors (Lipinski definition) is 1. The molecule has 32 heavy (non-hydrogen) atoms. The zero-order chi connectivity index (χ0) is 21.9. The number of amides is 2. The Hall–Kier alpha value is -4.07. The van der Waals surface area contributed by atoms with E-state index in [0.29, 0.717) is 41.8 Å². The fourth-order valence-electron chi connectivity index (χ4n) is 3.73. The van der Waals surface area contributed by atoms with Gasteiger partial charge in [-0.1, -0.05) is 12.1 Å². The van der Waals surface area contributed by atoms with Gasteiger partial charge in [-0.15, -0.1) is 0 Å². The zero-order valence-corrected chi connectivity index (χ0v) is 17.2. The van der Waals surface area contributed by atoms with Crippen molar-refractivity contribution >= 4 is 23.2 Å². The average molecular weight is 431 g/mol. The molecule has 0 saturated carbocycles. The van der Waals surface area contributed by atoms with Crippen molar-refractivity contribution in [3.63, 3.8) is 0 Å². The molecule has 0 aliphatic carbocycles. The molecule has 3 heterocycles. The van der Waals surface area contributed by atoms with Crippen LogP contribution in [0.1, 0.15) is 12.1 Å². The van der Waals surface area contributed by atoms with Gasteiger partial charge >= 0.3 is 0 Å². The molecule has 0 bridgehead atoms. The van der Waals surface area contributed by atoms with E-state index in [9.17, 15) is 9.59 Å². The van der Waals surface area contributed by atoms with Crippen LogP contribution in [0.2, 0.25) is 0 Å². The maximum atomic E-state index is 12.8. The number of benzene rings is 2. The Labute approximate surface area is 184 Å². The van der Waals surface area contributed by atoms with Gasteiger partial charge in [0.05, 0.1) is 11.6 Å². The number of anilines is 2. The van der Waals surface area contributed by atoms with E-state index in [4.69, 9.17) is 14.2 Å². The molecule has 2 aliphatic heterocycles. The standard InChI is InChI=1S/C24H21N3O5/c28-23-10-16(13-27(23)19-7-8-21-22(12-19)32-15-31-21)24(29)26-17-5-3-6-20(11-17)30-14-18-4-1-2-9-25-18/h1-9,11-12,16H,10,13-15H2,(H,26,29). The first-order valence-electron chi connectivity index (χ1n) is 10.3. The molecule has 8 heteroatoms. The van der Waals surface area contributed by atoms with Gasteiger partial charge in [0.25, 0.3) is 0 Å². The van der Waals surface area contributed by atoms with Crippen LogP contribution in [0.4, 0.5) is 11.4 Å². The number of rotatable bonds is 6. The predicted octanol–water partition coefficient (Wildman–Crippen LogP) is 3.38. The van der Waals surface area contributed by atoms with Crippen LogP contribution in [0.5, 0.6) is 17.2 Å². The summed E-state index contributed by atoms with van der Waals surface area (Å²) in [5, 5.41) is 2.90. The molecule has 162 valence electrons. The van der Waals surface area contributed by atoms with Crippen LogP contribution in [0.3, 0.4) is 0 Å². The van der Waals surface area contributed by atoms with Crippen molar-refractivity contribution in [1.82, 2.24) is 4.98 Å². The number of carbonyl (C=O) groups is 2. The lowest BCUT2D eigenvalue weighted by molar-refractivity contribution is -0.122. The molecule has 1 N–H and O–H groups in total. The van der Waals surface area contributed by atoms with Crippen LogP contribution < -0.4 is 24.4 Å². The van der Waals surface area contributed by atoms with Crippen molar-refractivity contribution in [1.29, 1.82) is 0 Å². The van der Waals surface area contributed by atoms with Crippen molar-refractivity contribution in [2.45, 2.75) is 13.0 Å². The molecule has 2 aromatic carbocycles. The van der Waals surface area contributed by atoms with Crippen LogP contribution in [-0.4, -0.2) is 30.1 Å². The molecule has 1 atom stereocenters. The molecule has 2 aliphatic rings. The number of pyridine rings is 1. The zero-order valence-electron chi connectivity index (χ0n) is 17.2. The summed E-state index contributed by atoms with van der Waals surface area (Å²) in [5.41, 5.74) is 2.12. The summed E-state index contributed by atoms with van der Waals surface area (Å²) < 4.78 is 16.5. The Morgan fingerprint density at radius 2 is 2.00 bits per heavy atom. The predicted molar refractivity (Wildman–Crippen MR) is 117 cm³/mol. The summed E-state index contributed by atoms with van der Waals surface area (Å²) in [4.78, 5) is 31.2. The Balaban J connectivity index is 1.21. The first kappa shape index (κ1) is 19.9. The summed E-state index contributed by atoms with van der Waals surface area (Å²) in [6.45, 7) is 0.808. The largest absolute Gasteiger partial charge is 0.487 e. The number of nitrogens with zero attached hydrogens (tertiary/aromatic N) is 2. The van der Waals surface area contributed by atoms with Crippen LogP contribution in [0.15, 0.2) is 66.9 Å². The smallest absolute Gasteiger partial charge is 0.231 e. The van der Waals surface area contributed by atoms with E-state index in [2.05, 4.69) is 10.3 Å². The molecule has 8 nitrogen and oxygen atoms in total. The van der Waals surface area contributed by atoms with Gasteiger partial charge < -0.3 is 24.4 Å². The summed E-state index contributed by atoms with van der Waals surface area (Å²) in [6.07, 6.45) is 1.86. The number of aromatic nitrogens is 1. The Bertz CT molecular complexity index is 1150. The van der Waals surface area contributed by atoms with Crippen LogP contribution >= 0.6 is 0 Å². The van der Waals surface area contributed by atoms with Gasteiger partial charge in [-0.05, 0) is 36.4 Å². The van der Waals surface area contributed by atoms with Crippen LogP contribution in [0, 0.1) is 5.92 Å². The lowest BCUT2D eigenvalue weighted by atomic mass is 10.1. The highest BCUT2D eigenvalue weighted by Gasteiger charge is 2.35. The van der Waals surface area contributed by atoms with Gasteiger partial charge in [0, 0.05) is 42.7 Å². The molecular weight excluding hydrogens is 410 g/mol. The van der Waals surface area contributed by atoms with Gasteiger partial charge in [-0.25, -0.2) is 0 Å². The Morgan fingerprint density at radius 1 is 1.09 bits per heavy atom. The quantitative estimate of drug-likeness (QED) is 0.644. The number of nitrogens with one attached hydrogen (secondary N) is 1. The Morgan fingerprint density at radius 3 is 2.88 bits per heavy atom. The normalized spacial score (nSPS) is 16.8. The van der Waals surface area contributed by atoms with Gasteiger partial charge in [-0.2, -0.15) is 0 Å². The topological polar surface area (TPSA) is 90.0 Å². The number of ether oxygens (including phenoxy) is 3. The fourth-order valence-corrected chi connectivity index (χ4v) is 3.73.